The summed E-state index contributed by atoms with van der Waals surface area (Å²) >= 11 is 0. The standard InChI is InChI=1S/C13H16FN5/c1-18-5-4-11(7-18)17-10-2-3-13(12(14)6-10)19-9-15-8-16-19/h2-3,6,8-9,11,17H,4-5,7H2,1H3. The molecule has 0 bridgehead atoms. The average Bonchev–Trinajstić information content (AvgIpc) is 3.01. The zero-order chi connectivity index (χ0) is 13.2. The van der Waals surface area contributed by atoms with Gasteiger partial charge in [0.2, 0.25) is 0 Å². The van der Waals surface area contributed by atoms with E-state index in [1.165, 1.54) is 23.4 Å². The van der Waals surface area contributed by atoms with Gasteiger partial charge in [0, 0.05) is 18.3 Å². The number of benzene rings is 1. The smallest absolute Gasteiger partial charge is 0.150 e. The summed E-state index contributed by atoms with van der Waals surface area (Å²) in [6, 6.07) is 5.49. The first-order chi connectivity index (χ1) is 9.22. The van der Waals surface area contributed by atoms with E-state index in [1.54, 1.807) is 6.07 Å². The van der Waals surface area contributed by atoms with Crippen LogP contribution in [0.5, 0.6) is 0 Å². The molecule has 1 aromatic carbocycles. The van der Waals surface area contributed by atoms with Crippen molar-refractivity contribution in [2.75, 3.05) is 25.5 Å². The summed E-state index contributed by atoms with van der Waals surface area (Å²) in [5, 5.41) is 7.29. The Hall–Kier alpha value is -1.95. The number of nitrogens with zero attached hydrogens (tertiary/aromatic N) is 4. The molecule has 0 spiro atoms. The Kier molecular flexibility index (Phi) is 3.16. The van der Waals surface area contributed by atoms with Crippen LogP contribution in [0.3, 0.4) is 0 Å². The van der Waals surface area contributed by atoms with Crippen LogP contribution in [0.15, 0.2) is 30.9 Å². The minimum absolute atomic E-state index is 0.304. The van der Waals surface area contributed by atoms with E-state index in [0.29, 0.717) is 11.7 Å². The zero-order valence-corrected chi connectivity index (χ0v) is 10.8. The number of rotatable bonds is 3. The number of likely N-dealkylation sites (N-methyl/N-ethyl adjacent to an activating group) is 1. The third-order valence-corrected chi connectivity index (χ3v) is 3.38. The highest BCUT2D eigenvalue weighted by Gasteiger charge is 2.19. The molecule has 1 fully saturated rings. The number of hydrogen-bond donors (Lipinski definition) is 1. The predicted octanol–water partition coefficient (Wildman–Crippen LogP) is 1.52. The Balaban J connectivity index is 1.76. The van der Waals surface area contributed by atoms with Crippen molar-refractivity contribution in [2.24, 2.45) is 0 Å². The summed E-state index contributed by atoms with van der Waals surface area (Å²) < 4.78 is 15.4. The van der Waals surface area contributed by atoms with Gasteiger partial charge in [0.25, 0.3) is 0 Å². The fourth-order valence-corrected chi connectivity index (χ4v) is 2.40. The van der Waals surface area contributed by atoms with Crippen molar-refractivity contribution < 1.29 is 4.39 Å². The summed E-state index contributed by atoms with van der Waals surface area (Å²) in [7, 11) is 2.09. The summed E-state index contributed by atoms with van der Waals surface area (Å²) in [5.41, 5.74) is 1.22. The van der Waals surface area contributed by atoms with Crippen LogP contribution >= 0.6 is 0 Å². The van der Waals surface area contributed by atoms with E-state index < -0.39 is 0 Å². The van der Waals surface area contributed by atoms with Crippen LogP contribution < -0.4 is 5.32 Å². The molecule has 1 unspecified atom stereocenters. The number of hydrogen-bond acceptors (Lipinski definition) is 4. The SMILES string of the molecule is CN1CCC(Nc2ccc(-n3cncn3)c(F)c2)C1. The second kappa shape index (κ2) is 4.97. The molecule has 1 N–H and O–H groups in total. The van der Waals surface area contributed by atoms with Gasteiger partial charge in [-0.1, -0.05) is 0 Å². The van der Waals surface area contributed by atoms with Crippen LogP contribution in [0.4, 0.5) is 10.1 Å². The molecule has 5 nitrogen and oxygen atoms in total. The lowest BCUT2D eigenvalue weighted by molar-refractivity contribution is 0.414. The topological polar surface area (TPSA) is 46.0 Å². The van der Waals surface area contributed by atoms with Crippen molar-refractivity contribution in [3.8, 4) is 5.69 Å². The Morgan fingerprint density at radius 3 is 2.95 bits per heavy atom. The average molecular weight is 261 g/mol. The van der Waals surface area contributed by atoms with Crippen LogP contribution in [0.2, 0.25) is 0 Å². The van der Waals surface area contributed by atoms with E-state index in [9.17, 15) is 4.39 Å². The fraction of sp³-hybridized carbons (Fsp3) is 0.385. The minimum Gasteiger partial charge on any atom is -0.381 e. The second-order valence-corrected chi connectivity index (χ2v) is 4.90. The number of likely N-dealkylation sites (tertiary alicyclic amines) is 1. The van der Waals surface area contributed by atoms with Gasteiger partial charge in [-0.3, -0.25) is 0 Å². The maximum absolute atomic E-state index is 14.0. The Labute approximate surface area is 111 Å². The molecule has 100 valence electrons. The van der Waals surface area contributed by atoms with E-state index in [2.05, 4.69) is 27.3 Å². The molecule has 0 saturated carbocycles. The predicted molar refractivity (Wildman–Crippen MR) is 70.8 cm³/mol. The van der Waals surface area contributed by atoms with E-state index in [0.717, 1.165) is 25.2 Å². The number of halogens is 1. The molecule has 1 aliphatic heterocycles. The first-order valence-corrected chi connectivity index (χ1v) is 6.32. The van der Waals surface area contributed by atoms with E-state index in [-0.39, 0.29) is 5.82 Å². The summed E-state index contributed by atoms with van der Waals surface area (Å²) in [6.45, 7) is 2.07. The molecule has 19 heavy (non-hydrogen) atoms. The highest BCUT2D eigenvalue weighted by Crippen LogP contribution is 2.20. The van der Waals surface area contributed by atoms with Crippen molar-refractivity contribution in [3.05, 3.63) is 36.7 Å². The van der Waals surface area contributed by atoms with Gasteiger partial charge in [-0.2, -0.15) is 5.10 Å². The molecule has 1 saturated heterocycles. The van der Waals surface area contributed by atoms with Gasteiger partial charge < -0.3 is 10.2 Å². The van der Waals surface area contributed by atoms with Gasteiger partial charge in [-0.15, -0.1) is 0 Å². The number of aromatic nitrogens is 3. The first-order valence-electron chi connectivity index (χ1n) is 6.32. The lowest BCUT2D eigenvalue weighted by Crippen LogP contribution is -2.23. The largest absolute Gasteiger partial charge is 0.381 e. The van der Waals surface area contributed by atoms with Gasteiger partial charge in [-0.05, 0) is 38.2 Å². The maximum Gasteiger partial charge on any atom is 0.150 e. The van der Waals surface area contributed by atoms with E-state index >= 15 is 0 Å². The van der Waals surface area contributed by atoms with Gasteiger partial charge in [0.05, 0.1) is 0 Å². The summed E-state index contributed by atoms with van der Waals surface area (Å²) in [5.74, 6) is -0.304. The molecular formula is C13H16FN5. The molecule has 1 aliphatic rings. The Bertz CT molecular complexity index is 554. The third kappa shape index (κ3) is 2.58. The van der Waals surface area contributed by atoms with Crippen LogP contribution in [-0.4, -0.2) is 45.8 Å². The van der Waals surface area contributed by atoms with Crippen LogP contribution in [0.25, 0.3) is 5.69 Å². The van der Waals surface area contributed by atoms with Crippen molar-refractivity contribution in [1.29, 1.82) is 0 Å². The van der Waals surface area contributed by atoms with Crippen LogP contribution in [0, 0.1) is 5.82 Å². The van der Waals surface area contributed by atoms with Crippen LogP contribution in [0.1, 0.15) is 6.42 Å². The molecule has 1 atom stereocenters. The number of anilines is 1. The fourth-order valence-electron chi connectivity index (χ4n) is 2.40. The van der Waals surface area contributed by atoms with Gasteiger partial charge in [0.1, 0.15) is 18.3 Å². The molecule has 2 heterocycles. The highest BCUT2D eigenvalue weighted by atomic mass is 19.1. The quantitative estimate of drug-likeness (QED) is 0.910. The second-order valence-electron chi connectivity index (χ2n) is 4.90. The van der Waals surface area contributed by atoms with E-state index in [4.69, 9.17) is 0 Å². The van der Waals surface area contributed by atoms with Gasteiger partial charge in [-0.25, -0.2) is 14.1 Å². The molecule has 1 aromatic heterocycles. The molecule has 3 rings (SSSR count). The van der Waals surface area contributed by atoms with Crippen LogP contribution in [-0.2, 0) is 0 Å². The zero-order valence-electron chi connectivity index (χ0n) is 10.8. The van der Waals surface area contributed by atoms with Gasteiger partial charge >= 0.3 is 0 Å². The minimum atomic E-state index is -0.304. The molecule has 0 aliphatic carbocycles. The lowest BCUT2D eigenvalue weighted by atomic mass is 10.2. The highest BCUT2D eigenvalue weighted by molar-refractivity contribution is 5.50. The number of nitrogens with one attached hydrogen (secondary N) is 1. The molecule has 6 heteroatoms. The van der Waals surface area contributed by atoms with Crippen molar-refractivity contribution in [1.82, 2.24) is 19.7 Å². The summed E-state index contributed by atoms with van der Waals surface area (Å²) in [4.78, 5) is 6.08. The molecule has 0 radical (unpaired) electrons. The summed E-state index contributed by atoms with van der Waals surface area (Å²) in [6.07, 6.45) is 3.96. The molecule has 0 amide bonds. The van der Waals surface area contributed by atoms with E-state index in [1.807, 2.05) is 6.07 Å². The monoisotopic (exact) mass is 261 g/mol. The normalized spacial score (nSPS) is 19.8. The lowest BCUT2D eigenvalue weighted by Gasteiger charge is -2.15. The van der Waals surface area contributed by atoms with Crippen molar-refractivity contribution in [3.63, 3.8) is 0 Å². The Morgan fingerprint density at radius 2 is 2.32 bits per heavy atom. The maximum atomic E-state index is 14.0. The Morgan fingerprint density at radius 1 is 1.42 bits per heavy atom. The first kappa shape index (κ1) is 12.1. The third-order valence-electron chi connectivity index (χ3n) is 3.38. The molecule has 2 aromatic rings. The van der Waals surface area contributed by atoms with Crippen molar-refractivity contribution >= 4 is 5.69 Å². The van der Waals surface area contributed by atoms with Crippen molar-refractivity contribution in [2.45, 2.75) is 12.5 Å². The van der Waals surface area contributed by atoms with Gasteiger partial charge in [0.15, 0.2) is 5.82 Å². The molecular weight excluding hydrogens is 245 g/mol.